The number of thiazole rings is 1. The summed E-state index contributed by atoms with van der Waals surface area (Å²) >= 11 is 1.10. The molecule has 0 unspecified atom stereocenters. The van der Waals surface area contributed by atoms with Gasteiger partial charge in [-0.05, 0) is 32.9 Å². The Labute approximate surface area is 190 Å². The van der Waals surface area contributed by atoms with Crippen LogP contribution in [0.4, 0.5) is 28.8 Å². The minimum atomic E-state index is -4.90. The van der Waals surface area contributed by atoms with Gasteiger partial charge in [0.05, 0.1) is 17.7 Å². The summed E-state index contributed by atoms with van der Waals surface area (Å²) in [7, 11) is 0. The molecule has 0 saturated carbocycles. The van der Waals surface area contributed by atoms with Gasteiger partial charge in [-0.2, -0.15) is 13.2 Å². The molecule has 33 heavy (non-hydrogen) atoms. The van der Waals surface area contributed by atoms with Crippen LogP contribution in [0.2, 0.25) is 0 Å². The van der Waals surface area contributed by atoms with Crippen LogP contribution in [0.15, 0.2) is 29.8 Å². The molecule has 0 fully saturated rings. The van der Waals surface area contributed by atoms with E-state index < -0.39 is 65.2 Å². The molecule has 0 bridgehead atoms. The number of benzene rings is 1. The summed E-state index contributed by atoms with van der Waals surface area (Å²) in [5.41, 5.74) is -3.44. The first kappa shape index (κ1) is 25.8. The Morgan fingerprint density at radius 1 is 1.06 bits per heavy atom. The van der Waals surface area contributed by atoms with Crippen LogP contribution in [0.5, 0.6) is 0 Å². The van der Waals surface area contributed by atoms with Crippen molar-refractivity contribution in [3.05, 3.63) is 40.9 Å². The minimum absolute atomic E-state index is 0.221. The van der Waals surface area contributed by atoms with Crippen LogP contribution < -0.4 is 16.0 Å². The Morgan fingerprint density at radius 3 is 2.33 bits per heavy atom. The number of anilines is 2. The highest BCUT2D eigenvalue weighted by molar-refractivity contribution is 7.13. The quantitative estimate of drug-likeness (QED) is 0.403. The third-order valence-corrected chi connectivity index (χ3v) is 4.42. The van der Waals surface area contributed by atoms with Crippen molar-refractivity contribution >= 4 is 45.8 Å². The Kier molecular flexibility index (Phi) is 8.14. The van der Waals surface area contributed by atoms with Crippen molar-refractivity contribution in [2.45, 2.75) is 39.0 Å². The number of ketones is 1. The van der Waals surface area contributed by atoms with Gasteiger partial charge in [-0.15, -0.1) is 11.3 Å². The van der Waals surface area contributed by atoms with Crippen molar-refractivity contribution in [2.75, 3.05) is 17.2 Å². The summed E-state index contributed by atoms with van der Waals surface area (Å²) in [5.74, 6) is -2.76. The molecule has 2 aromatic rings. The van der Waals surface area contributed by atoms with Gasteiger partial charge in [0.15, 0.2) is 10.9 Å². The number of halogens is 3. The molecule has 0 spiro atoms. The zero-order chi connectivity index (χ0) is 24.8. The Morgan fingerprint density at radius 2 is 1.76 bits per heavy atom. The number of nitrogens with zero attached hydrogens (tertiary/aromatic N) is 1. The van der Waals surface area contributed by atoms with Crippen molar-refractivity contribution in [3.63, 3.8) is 0 Å². The topological polar surface area (TPSA) is 126 Å². The van der Waals surface area contributed by atoms with Crippen molar-refractivity contribution in [3.8, 4) is 0 Å². The lowest BCUT2D eigenvalue weighted by atomic mass is 10.0. The molecule has 13 heteroatoms. The molecule has 3 N–H and O–H groups in total. The predicted octanol–water partition coefficient (Wildman–Crippen LogP) is 3.84. The Hall–Kier alpha value is -3.48. The summed E-state index contributed by atoms with van der Waals surface area (Å²) in [5, 5.41) is 8.29. The highest BCUT2D eigenvalue weighted by Gasteiger charge is 2.36. The van der Waals surface area contributed by atoms with E-state index in [0.717, 1.165) is 23.5 Å². The van der Waals surface area contributed by atoms with Gasteiger partial charge >= 0.3 is 12.3 Å². The zero-order valence-corrected chi connectivity index (χ0v) is 18.6. The molecule has 0 aliphatic carbocycles. The maximum absolute atomic E-state index is 13.5. The number of hydrogen-bond donors (Lipinski definition) is 3. The summed E-state index contributed by atoms with van der Waals surface area (Å²) < 4.78 is 45.5. The van der Waals surface area contributed by atoms with Crippen molar-refractivity contribution < 1.29 is 37.1 Å². The third-order valence-electron chi connectivity index (χ3n) is 3.73. The van der Waals surface area contributed by atoms with Crippen LogP contribution in [0.1, 0.15) is 43.1 Å². The average molecular weight is 486 g/mol. The van der Waals surface area contributed by atoms with E-state index in [0.29, 0.717) is 6.07 Å². The second kappa shape index (κ2) is 10.4. The zero-order valence-electron chi connectivity index (χ0n) is 17.8. The molecule has 0 atom stereocenters. The lowest BCUT2D eigenvalue weighted by Gasteiger charge is -2.20. The number of Topliss-reactive ketones (excluding diaryl/α,β-unsaturated/α-hetero) is 1. The normalized spacial score (nSPS) is 11.5. The molecular formula is C20H21F3N4O5S. The fraction of sp³-hybridized carbons (Fsp3) is 0.350. The van der Waals surface area contributed by atoms with Gasteiger partial charge < -0.3 is 20.7 Å². The highest BCUT2D eigenvalue weighted by Crippen LogP contribution is 2.37. The standard InChI is InChI=1S/C20H21F3N4O5S/c1-19(2,3)32-18(31)25-10-15(30)26-16-11(5-4-6-12(16)20(21,22)23)13(28)9-14(29)27-17-24-7-8-33-17/h4-8H,9-10H2,1-3H3,(H,25,31)(H,26,30)(H,24,27,29). The van der Waals surface area contributed by atoms with E-state index in [2.05, 4.69) is 15.6 Å². The van der Waals surface area contributed by atoms with Gasteiger partial charge in [0.1, 0.15) is 12.1 Å². The maximum Gasteiger partial charge on any atom is 0.418 e. The first-order valence-electron chi connectivity index (χ1n) is 9.45. The molecule has 0 aliphatic heterocycles. The lowest BCUT2D eigenvalue weighted by Crippen LogP contribution is -2.37. The van der Waals surface area contributed by atoms with Crippen LogP contribution in [0.3, 0.4) is 0 Å². The van der Waals surface area contributed by atoms with Crippen molar-refractivity contribution in [1.82, 2.24) is 10.3 Å². The number of aromatic nitrogens is 1. The molecule has 1 aromatic carbocycles. The number of ether oxygens (including phenoxy) is 1. The molecule has 0 aliphatic rings. The Balaban J connectivity index is 2.19. The largest absolute Gasteiger partial charge is 0.444 e. The maximum atomic E-state index is 13.5. The van der Waals surface area contributed by atoms with Gasteiger partial charge in [0, 0.05) is 17.1 Å². The average Bonchev–Trinajstić information content (AvgIpc) is 3.17. The molecule has 1 aromatic heterocycles. The van der Waals surface area contributed by atoms with E-state index in [1.54, 1.807) is 26.2 Å². The monoisotopic (exact) mass is 486 g/mol. The molecule has 0 saturated heterocycles. The molecule has 178 valence electrons. The number of amides is 3. The molecule has 0 radical (unpaired) electrons. The first-order chi connectivity index (χ1) is 15.3. The summed E-state index contributed by atoms with van der Waals surface area (Å²) in [6.07, 6.45) is -5.20. The first-order valence-corrected chi connectivity index (χ1v) is 10.3. The van der Waals surface area contributed by atoms with Gasteiger partial charge in [-0.25, -0.2) is 9.78 Å². The van der Waals surface area contributed by atoms with Crippen molar-refractivity contribution in [2.24, 2.45) is 0 Å². The fourth-order valence-electron chi connectivity index (χ4n) is 2.50. The molecular weight excluding hydrogens is 465 g/mol. The van der Waals surface area contributed by atoms with Crippen LogP contribution in [-0.2, 0) is 20.5 Å². The number of para-hydroxylation sites is 1. The Bertz CT molecular complexity index is 1030. The van der Waals surface area contributed by atoms with E-state index in [-0.39, 0.29) is 5.13 Å². The minimum Gasteiger partial charge on any atom is -0.444 e. The number of alkyl halides is 3. The molecule has 3 amide bonds. The molecule has 2 rings (SSSR count). The summed E-state index contributed by atoms with van der Waals surface area (Å²) in [4.78, 5) is 52.4. The van der Waals surface area contributed by atoms with Crippen LogP contribution in [-0.4, -0.2) is 40.8 Å². The number of alkyl carbamates (subject to hydrolysis) is 1. The summed E-state index contributed by atoms with van der Waals surface area (Å²) in [6.45, 7) is 4.07. The lowest BCUT2D eigenvalue weighted by molar-refractivity contribution is -0.137. The van der Waals surface area contributed by atoms with E-state index in [4.69, 9.17) is 4.74 Å². The number of nitrogens with one attached hydrogen (secondary N) is 3. The molecule has 9 nitrogen and oxygen atoms in total. The number of rotatable bonds is 7. The van der Waals surface area contributed by atoms with Crippen LogP contribution >= 0.6 is 11.3 Å². The SMILES string of the molecule is CC(C)(C)OC(=O)NCC(=O)Nc1c(C(=O)CC(=O)Nc2nccs2)cccc1C(F)(F)F. The number of carbonyl (C=O) groups is 4. The van der Waals surface area contributed by atoms with Crippen LogP contribution in [0.25, 0.3) is 0 Å². The smallest absolute Gasteiger partial charge is 0.418 e. The number of hydrogen-bond acceptors (Lipinski definition) is 7. The van der Waals surface area contributed by atoms with Gasteiger partial charge in [0.25, 0.3) is 0 Å². The number of carbonyl (C=O) groups excluding carboxylic acids is 4. The van der Waals surface area contributed by atoms with E-state index in [1.807, 2.05) is 5.32 Å². The van der Waals surface area contributed by atoms with Gasteiger partial charge in [-0.3, -0.25) is 14.4 Å². The van der Waals surface area contributed by atoms with Crippen LogP contribution in [0, 0.1) is 0 Å². The second-order valence-corrected chi connectivity index (χ2v) is 8.51. The fourth-order valence-corrected chi connectivity index (χ4v) is 3.04. The van der Waals surface area contributed by atoms with E-state index in [9.17, 15) is 32.3 Å². The highest BCUT2D eigenvalue weighted by atomic mass is 32.1. The van der Waals surface area contributed by atoms with E-state index >= 15 is 0 Å². The van der Waals surface area contributed by atoms with Gasteiger partial charge in [-0.1, -0.05) is 6.07 Å². The van der Waals surface area contributed by atoms with E-state index in [1.165, 1.54) is 6.20 Å². The summed E-state index contributed by atoms with van der Waals surface area (Å²) in [6, 6.07) is 2.73. The molecule has 1 heterocycles. The van der Waals surface area contributed by atoms with Gasteiger partial charge in [0.2, 0.25) is 11.8 Å². The third kappa shape index (κ3) is 8.18. The van der Waals surface area contributed by atoms with Crippen molar-refractivity contribution in [1.29, 1.82) is 0 Å². The second-order valence-electron chi connectivity index (χ2n) is 7.61. The predicted molar refractivity (Wildman–Crippen MR) is 114 cm³/mol.